The summed E-state index contributed by atoms with van der Waals surface area (Å²) in [6.45, 7) is 10.3. The van der Waals surface area contributed by atoms with Gasteiger partial charge in [-0.15, -0.1) is 0 Å². The van der Waals surface area contributed by atoms with E-state index in [1.54, 1.807) is 19.2 Å². The van der Waals surface area contributed by atoms with E-state index in [1.165, 1.54) is 4.31 Å². The maximum atomic E-state index is 12.7. The molecular formula is C15H26N2O2S. The quantitative estimate of drug-likeness (QED) is 0.929. The standard InChI is InChI=1S/C15H26N2O2S/c1-11-7-8-14(9-13(11)10-16)20(18,19)17(6)12(2)15(3,4)5/h7-9,12H,10,16H2,1-6H3. The second kappa shape index (κ2) is 5.84. The molecule has 1 unspecified atom stereocenters. The molecule has 0 radical (unpaired) electrons. The second-order valence-electron chi connectivity index (χ2n) is 6.36. The van der Waals surface area contributed by atoms with Crippen LogP contribution < -0.4 is 5.73 Å². The normalized spacial score (nSPS) is 14.6. The fourth-order valence-corrected chi connectivity index (χ4v) is 3.54. The molecule has 5 heteroatoms. The van der Waals surface area contributed by atoms with E-state index in [-0.39, 0.29) is 11.5 Å². The first-order valence-electron chi connectivity index (χ1n) is 6.79. The third-order valence-corrected chi connectivity index (χ3v) is 5.94. The lowest BCUT2D eigenvalue weighted by atomic mass is 9.88. The molecule has 0 aliphatic heterocycles. The maximum Gasteiger partial charge on any atom is 0.243 e. The zero-order valence-electron chi connectivity index (χ0n) is 13.3. The first-order valence-corrected chi connectivity index (χ1v) is 8.23. The van der Waals surface area contributed by atoms with Crippen LogP contribution in [0.1, 0.15) is 38.8 Å². The molecule has 1 aromatic carbocycles. The van der Waals surface area contributed by atoms with E-state index in [2.05, 4.69) is 0 Å². The Hall–Kier alpha value is -0.910. The highest BCUT2D eigenvalue weighted by Crippen LogP contribution is 2.28. The maximum absolute atomic E-state index is 12.7. The molecule has 2 N–H and O–H groups in total. The zero-order chi connectivity index (χ0) is 15.7. The van der Waals surface area contributed by atoms with Gasteiger partial charge in [0.15, 0.2) is 0 Å². The van der Waals surface area contributed by atoms with Gasteiger partial charge in [-0.25, -0.2) is 8.42 Å². The fraction of sp³-hybridized carbons (Fsp3) is 0.600. The Labute approximate surface area is 123 Å². The van der Waals surface area contributed by atoms with Gasteiger partial charge in [-0.1, -0.05) is 26.8 Å². The average molecular weight is 298 g/mol. The minimum atomic E-state index is -3.49. The summed E-state index contributed by atoms with van der Waals surface area (Å²) in [5, 5.41) is 0. The lowest BCUT2D eigenvalue weighted by Gasteiger charge is -2.34. The molecule has 0 bridgehead atoms. The molecule has 1 rings (SSSR count). The van der Waals surface area contributed by atoms with Crippen molar-refractivity contribution in [3.63, 3.8) is 0 Å². The molecule has 0 amide bonds. The van der Waals surface area contributed by atoms with Crippen molar-refractivity contribution in [3.05, 3.63) is 29.3 Å². The third-order valence-electron chi connectivity index (χ3n) is 4.02. The van der Waals surface area contributed by atoms with Crippen LogP contribution in [0.15, 0.2) is 23.1 Å². The molecule has 1 atom stereocenters. The molecule has 0 aromatic heterocycles. The summed E-state index contributed by atoms with van der Waals surface area (Å²) in [5.74, 6) is 0. The van der Waals surface area contributed by atoms with Gasteiger partial charge < -0.3 is 5.73 Å². The number of hydrogen-bond acceptors (Lipinski definition) is 3. The highest BCUT2D eigenvalue weighted by molar-refractivity contribution is 7.89. The number of nitrogens with zero attached hydrogens (tertiary/aromatic N) is 1. The van der Waals surface area contributed by atoms with Crippen LogP contribution in [0.2, 0.25) is 0 Å². The number of benzene rings is 1. The van der Waals surface area contributed by atoms with Crippen LogP contribution in [0.3, 0.4) is 0 Å². The Balaban J connectivity index is 3.23. The van der Waals surface area contributed by atoms with Crippen molar-refractivity contribution >= 4 is 10.0 Å². The second-order valence-corrected chi connectivity index (χ2v) is 8.35. The molecule has 0 saturated carbocycles. The van der Waals surface area contributed by atoms with Gasteiger partial charge in [-0.3, -0.25) is 0 Å². The number of sulfonamides is 1. The van der Waals surface area contributed by atoms with Crippen molar-refractivity contribution in [2.75, 3.05) is 7.05 Å². The van der Waals surface area contributed by atoms with Crippen LogP contribution in [0.5, 0.6) is 0 Å². The van der Waals surface area contributed by atoms with Crippen LogP contribution in [0.4, 0.5) is 0 Å². The molecule has 0 heterocycles. The van der Waals surface area contributed by atoms with Crippen molar-refractivity contribution in [2.24, 2.45) is 11.1 Å². The fourth-order valence-electron chi connectivity index (χ4n) is 1.95. The Morgan fingerprint density at radius 1 is 1.30 bits per heavy atom. The van der Waals surface area contributed by atoms with Crippen LogP contribution in [0.25, 0.3) is 0 Å². The first kappa shape index (κ1) is 17.1. The monoisotopic (exact) mass is 298 g/mol. The van der Waals surface area contributed by atoms with E-state index in [9.17, 15) is 8.42 Å². The molecule has 0 aliphatic carbocycles. The Morgan fingerprint density at radius 3 is 2.30 bits per heavy atom. The zero-order valence-corrected chi connectivity index (χ0v) is 14.1. The highest BCUT2D eigenvalue weighted by atomic mass is 32.2. The van der Waals surface area contributed by atoms with Crippen molar-refractivity contribution < 1.29 is 8.42 Å². The largest absolute Gasteiger partial charge is 0.326 e. The Kier molecular flexibility index (Phi) is 5.00. The van der Waals surface area contributed by atoms with E-state index in [1.807, 2.05) is 40.7 Å². The summed E-state index contributed by atoms with van der Waals surface area (Å²) in [6.07, 6.45) is 0. The molecular weight excluding hydrogens is 272 g/mol. The van der Waals surface area contributed by atoms with Gasteiger partial charge in [0.25, 0.3) is 0 Å². The lowest BCUT2D eigenvalue weighted by molar-refractivity contribution is 0.216. The number of aryl methyl sites for hydroxylation is 1. The highest BCUT2D eigenvalue weighted by Gasteiger charge is 2.32. The predicted octanol–water partition coefficient (Wildman–Crippen LogP) is 2.51. The lowest BCUT2D eigenvalue weighted by Crippen LogP contribution is -2.42. The topological polar surface area (TPSA) is 63.4 Å². The Bertz CT molecular complexity index is 574. The minimum Gasteiger partial charge on any atom is -0.326 e. The van der Waals surface area contributed by atoms with Gasteiger partial charge in [0.1, 0.15) is 0 Å². The van der Waals surface area contributed by atoms with Gasteiger partial charge in [-0.05, 0) is 42.5 Å². The average Bonchev–Trinajstić information content (AvgIpc) is 2.36. The van der Waals surface area contributed by atoms with Gasteiger partial charge in [-0.2, -0.15) is 4.31 Å². The van der Waals surface area contributed by atoms with E-state index in [4.69, 9.17) is 5.73 Å². The van der Waals surface area contributed by atoms with E-state index in [0.717, 1.165) is 11.1 Å². The van der Waals surface area contributed by atoms with Crippen molar-refractivity contribution in [1.29, 1.82) is 0 Å². The van der Waals surface area contributed by atoms with Gasteiger partial charge in [0, 0.05) is 19.6 Å². The summed E-state index contributed by atoms with van der Waals surface area (Å²) in [7, 11) is -1.86. The molecule has 20 heavy (non-hydrogen) atoms. The van der Waals surface area contributed by atoms with Gasteiger partial charge >= 0.3 is 0 Å². The van der Waals surface area contributed by atoms with Gasteiger partial charge in [0.05, 0.1) is 4.90 Å². The molecule has 0 spiro atoms. The molecule has 4 nitrogen and oxygen atoms in total. The molecule has 0 fully saturated rings. The summed E-state index contributed by atoms with van der Waals surface area (Å²) < 4.78 is 26.8. The summed E-state index contributed by atoms with van der Waals surface area (Å²) >= 11 is 0. The first-order chi connectivity index (χ1) is 9.01. The molecule has 0 saturated heterocycles. The van der Waals surface area contributed by atoms with Crippen LogP contribution in [0, 0.1) is 12.3 Å². The summed E-state index contributed by atoms with van der Waals surface area (Å²) in [4.78, 5) is 0.308. The number of hydrogen-bond donors (Lipinski definition) is 1. The van der Waals surface area contributed by atoms with E-state index in [0.29, 0.717) is 11.4 Å². The van der Waals surface area contributed by atoms with Gasteiger partial charge in [0.2, 0.25) is 10.0 Å². The molecule has 0 aliphatic rings. The van der Waals surface area contributed by atoms with Crippen LogP contribution >= 0.6 is 0 Å². The van der Waals surface area contributed by atoms with Crippen LogP contribution in [-0.2, 0) is 16.6 Å². The van der Waals surface area contributed by atoms with E-state index < -0.39 is 10.0 Å². The smallest absolute Gasteiger partial charge is 0.243 e. The summed E-state index contributed by atoms with van der Waals surface area (Å²) in [5.41, 5.74) is 7.41. The minimum absolute atomic E-state index is 0.102. The third kappa shape index (κ3) is 3.40. The van der Waals surface area contributed by atoms with Crippen LogP contribution in [-0.4, -0.2) is 25.8 Å². The SMILES string of the molecule is Cc1ccc(S(=O)(=O)N(C)C(C)C(C)(C)C)cc1CN. The van der Waals surface area contributed by atoms with E-state index >= 15 is 0 Å². The predicted molar refractivity (Wildman–Crippen MR) is 82.9 cm³/mol. The Morgan fingerprint density at radius 2 is 1.85 bits per heavy atom. The molecule has 114 valence electrons. The molecule has 1 aromatic rings. The number of nitrogens with two attached hydrogens (primary N) is 1. The van der Waals surface area contributed by atoms with Crippen molar-refractivity contribution in [2.45, 2.75) is 52.1 Å². The van der Waals surface area contributed by atoms with Crippen molar-refractivity contribution in [1.82, 2.24) is 4.31 Å². The van der Waals surface area contributed by atoms with Crippen molar-refractivity contribution in [3.8, 4) is 0 Å². The number of rotatable bonds is 4. The summed E-state index contributed by atoms with van der Waals surface area (Å²) in [6, 6.07) is 5.03.